The molecule has 0 saturated carbocycles. The molecular weight excluding hydrogens is 547 g/mol. The zero-order valence-corrected chi connectivity index (χ0v) is 24.5. The summed E-state index contributed by atoms with van der Waals surface area (Å²) in [4.78, 5) is 43.6. The average Bonchev–Trinajstić information content (AvgIpc) is 3.01. The molecule has 226 valence electrons. The van der Waals surface area contributed by atoms with E-state index in [4.69, 9.17) is 0 Å². The molecule has 5 rings (SSSR count). The van der Waals surface area contributed by atoms with Gasteiger partial charge < -0.3 is 20.4 Å². The number of aromatic hydroxyl groups is 2. The van der Waals surface area contributed by atoms with Crippen LogP contribution >= 0.6 is 0 Å². The van der Waals surface area contributed by atoms with Crippen LogP contribution in [-0.2, 0) is 4.79 Å². The van der Waals surface area contributed by atoms with Gasteiger partial charge in [-0.25, -0.2) is 4.39 Å². The van der Waals surface area contributed by atoms with E-state index in [0.717, 1.165) is 38.8 Å². The number of likely N-dealkylation sites (tertiary alicyclic amines) is 1. The van der Waals surface area contributed by atoms with Gasteiger partial charge in [-0.1, -0.05) is 36.4 Å². The summed E-state index contributed by atoms with van der Waals surface area (Å²) >= 11 is 0. The summed E-state index contributed by atoms with van der Waals surface area (Å²) in [5.74, 6) is -3.25. The molecule has 0 radical (unpaired) electrons. The summed E-state index contributed by atoms with van der Waals surface area (Å²) in [7, 11) is 0. The van der Waals surface area contributed by atoms with Crippen LogP contribution in [0.25, 0.3) is 0 Å². The summed E-state index contributed by atoms with van der Waals surface area (Å²) < 4.78 is 14.9. The van der Waals surface area contributed by atoms with Crippen LogP contribution in [0.3, 0.4) is 0 Å². The van der Waals surface area contributed by atoms with E-state index in [1.54, 1.807) is 48.2 Å². The van der Waals surface area contributed by atoms with Crippen LogP contribution in [0.4, 0.5) is 4.39 Å². The number of ketones is 2. The number of amides is 1. The monoisotopic (exact) mass is 586 g/mol. The molecule has 3 aromatic carbocycles. The number of piperidine rings is 2. The summed E-state index contributed by atoms with van der Waals surface area (Å²) in [6.45, 7) is 3.76. The lowest BCUT2D eigenvalue weighted by Crippen LogP contribution is -2.52. The van der Waals surface area contributed by atoms with Crippen LogP contribution in [0.2, 0.25) is 0 Å². The molecule has 2 aliphatic heterocycles. The zero-order chi connectivity index (χ0) is 30.5. The maximum atomic E-state index is 14.9. The molecule has 3 N–H and O–H groups in total. The predicted octanol–water partition coefficient (Wildman–Crippen LogP) is 5.64. The molecule has 1 amide bonds. The van der Waals surface area contributed by atoms with Gasteiger partial charge >= 0.3 is 0 Å². The third kappa shape index (κ3) is 6.96. The molecule has 0 spiro atoms. The molecule has 0 aliphatic carbocycles. The van der Waals surface area contributed by atoms with Crippen molar-refractivity contribution in [3.8, 4) is 11.5 Å². The Balaban J connectivity index is 1.52. The number of rotatable bonds is 9. The second-order valence-corrected chi connectivity index (χ2v) is 11.9. The van der Waals surface area contributed by atoms with Gasteiger partial charge in [0.05, 0.1) is 0 Å². The highest BCUT2D eigenvalue weighted by molar-refractivity contribution is 6.03. The van der Waals surface area contributed by atoms with Crippen molar-refractivity contribution in [2.24, 2.45) is 17.8 Å². The van der Waals surface area contributed by atoms with Crippen LogP contribution in [0, 0.1) is 30.5 Å². The Morgan fingerprint density at radius 2 is 1.42 bits per heavy atom. The van der Waals surface area contributed by atoms with Crippen molar-refractivity contribution in [1.82, 2.24) is 10.2 Å². The minimum atomic E-state index is -0.865. The Labute approximate surface area is 251 Å². The minimum absolute atomic E-state index is 0.0709. The average molecular weight is 587 g/mol. The highest BCUT2D eigenvalue weighted by Crippen LogP contribution is 2.43. The molecule has 2 saturated heterocycles. The van der Waals surface area contributed by atoms with Gasteiger partial charge in [0, 0.05) is 48.4 Å². The first-order valence-electron chi connectivity index (χ1n) is 15.1. The fourth-order valence-corrected chi connectivity index (χ4v) is 6.79. The van der Waals surface area contributed by atoms with E-state index in [1.807, 2.05) is 0 Å². The third-order valence-electron chi connectivity index (χ3n) is 9.12. The van der Waals surface area contributed by atoms with Gasteiger partial charge in [-0.15, -0.1) is 0 Å². The van der Waals surface area contributed by atoms with Crippen LogP contribution in [0.1, 0.15) is 69.9 Å². The first-order valence-corrected chi connectivity index (χ1v) is 15.1. The lowest BCUT2D eigenvalue weighted by atomic mass is 9.67. The number of phenolic OH excluding ortho intramolecular Hbond substituents is 2. The van der Waals surface area contributed by atoms with Crippen molar-refractivity contribution in [1.29, 1.82) is 0 Å². The van der Waals surface area contributed by atoms with E-state index < -0.39 is 23.6 Å². The first kappa shape index (κ1) is 30.4. The number of benzene rings is 3. The van der Waals surface area contributed by atoms with Crippen LogP contribution in [0.15, 0.2) is 66.7 Å². The standard InChI is InChI=1S/C35H39FN2O5/c1-22-28(11-5-12-31(22)36)33-29(34(42)24-7-3-9-26(39)18-24)20-38(32(41)13-2-6-23-14-16-37-17-15-23)21-30(33)35(43)25-8-4-10-27(40)19-25/h3-5,7-12,18-19,23,29-30,33,37,39-40H,2,6,13-17,20-21H2,1H3/t29-,30+,33-. The lowest BCUT2D eigenvalue weighted by Gasteiger charge is -2.43. The van der Waals surface area contributed by atoms with Gasteiger partial charge in [0.1, 0.15) is 17.3 Å². The molecule has 0 bridgehead atoms. The Kier molecular flexibility index (Phi) is 9.56. The molecule has 3 atom stereocenters. The Morgan fingerprint density at radius 3 is 1.98 bits per heavy atom. The predicted molar refractivity (Wildman–Crippen MR) is 162 cm³/mol. The lowest BCUT2D eigenvalue weighted by molar-refractivity contribution is -0.133. The van der Waals surface area contributed by atoms with Gasteiger partial charge in [-0.3, -0.25) is 14.4 Å². The summed E-state index contributed by atoms with van der Waals surface area (Å²) in [6, 6.07) is 16.7. The number of hydrogen-bond acceptors (Lipinski definition) is 6. The molecule has 0 unspecified atom stereocenters. The highest BCUT2D eigenvalue weighted by atomic mass is 19.1. The Hall–Kier alpha value is -4.04. The number of Topliss-reactive ketones (excluding diaryl/α,β-unsaturated/α-hetero) is 2. The Bertz CT molecular complexity index is 1420. The summed E-state index contributed by atoms with van der Waals surface area (Å²) in [5, 5.41) is 23.6. The molecule has 3 aromatic rings. The first-order chi connectivity index (χ1) is 20.7. The number of halogens is 1. The molecule has 2 heterocycles. The van der Waals surface area contributed by atoms with E-state index in [2.05, 4.69) is 5.32 Å². The minimum Gasteiger partial charge on any atom is -0.508 e. The number of carbonyl (C=O) groups is 3. The van der Waals surface area contributed by atoms with Crippen LogP contribution < -0.4 is 5.32 Å². The molecule has 7 nitrogen and oxygen atoms in total. The van der Waals surface area contributed by atoms with Crippen molar-refractivity contribution in [2.75, 3.05) is 26.2 Å². The van der Waals surface area contributed by atoms with E-state index in [0.29, 0.717) is 23.5 Å². The van der Waals surface area contributed by atoms with E-state index >= 15 is 0 Å². The fraction of sp³-hybridized carbons (Fsp3) is 0.400. The summed E-state index contributed by atoms with van der Waals surface area (Å²) in [5.41, 5.74) is 1.40. The topological polar surface area (TPSA) is 107 Å². The maximum absolute atomic E-state index is 14.9. The largest absolute Gasteiger partial charge is 0.508 e. The van der Waals surface area contributed by atoms with Gasteiger partial charge in [0.15, 0.2) is 11.6 Å². The van der Waals surface area contributed by atoms with Crippen molar-refractivity contribution in [2.45, 2.75) is 44.9 Å². The SMILES string of the molecule is Cc1c(F)cccc1[C@H]1[C@@H](C(=O)c2cccc(O)c2)CN(C(=O)CCCC2CCNCC2)C[C@H]1C(=O)c1cccc(O)c1. The number of nitrogens with zero attached hydrogens (tertiary/aromatic N) is 1. The molecular formula is C35H39FN2O5. The third-order valence-corrected chi connectivity index (χ3v) is 9.12. The molecule has 2 aliphatic rings. The van der Waals surface area contributed by atoms with Crippen molar-refractivity contribution in [3.05, 3.63) is 94.8 Å². The fourth-order valence-electron chi connectivity index (χ4n) is 6.79. The second-order valence-electron chi connectivity index (χ2n) is 11.9. The van der Waals surface area contributed by atoms with E-state index in [-0.39, 0.29) is 53.2 Å². The number of nitrogens with one attached hydrogen (secondary N) is 1. The quantitative estimate of drug-likeness (QED) is 0.280. The highest BCUT2D eigenvalue weighted by Gasteiger charge is 2.46. The maximum Gasteiger partial charge on any atom is 0.222 e. The number of hydrogen-bond donors (Lipinski definition) is 3. The van der Waals surface area contributed by atoms with Gasteiger partial charge in [0.2, 0.25) is 5.91 Å². The number of carbonyl (C=O) groups excluding carboxylic acids is 3. The van der Waals surface area contributed by atoms with E-state index in [9.17, 15) is 29.0 Å². The second kappa shape index (κ2) is 13.5. The zero-order valence-electron chi connectivity index (χ0n) is 24.5. The molecule has 43 heavy (non-hydrogen) atoms. The van der Waals surface area contributed by atoms with E-state index in [1.165, 1.54) is 30.3 Å². The van der Waals surface area contributed by atoms with Crippen molar-refractivity contribution in [3.63, 3.8) is 0 Å². The van der Waals surface area contributed by atoms with Crippen LogP contribution in [-0.4, -0.2) is 58.8 Å². The molecule has 8 heteroatoms. The van der Waals surface area contributed by atoms with Crippen molar-refractivity contribution >= 4 is 17.5 Å². The van der Waals surface area contributed by atoms with Gasteiger partial charge in [-0.2, -0.15) is 0 Å². The summed E-state index contributed by atoms with van der Waals surface area (Å²) in [6.07, 6.45) is 4.17. The van der Waals surface area contributed by atoms with Gasteiger partial charge in [0.25, 0.3) is 0 Å². The molecule has 2 fully saturated rings. The van der Waals surface area contributed by atoms with Crippen molar-refractivity contribution < 1.29 is 29.0 Å². The van der Waals surface area contributed by atoms with Gasteiger partial charge in [-0.05, 0) is 93.1 Å². The number of phenols is 2. The molecule has 0 aromatic heterocycles. The smallest absolute Gasteiger partial charge is 0.222 e. The van der Waals surface area contributed by atoms with Crippen LogP contribution in [0.5, 0.6) is 11.5 Å². The Morgan fingerprint density at radius 1 is 0.860 bits per heavy atom. The normalized spacial score (nSPS) is 21.0.